The van der Waals surface area contributed by atoms with Gasteiger partial charge in [-0.25, -0.2) is 0 Å². The van der Waals surface area contributed by atoms with Crippen LogP contribution in [0.1, 0.15) is 64.9 Å². The van der Waals surface area contributed by atoms with Gasteiger partial charge < -0.3 is 10.0 Å². The molecule has 0 spiro atoms. The van der Waals surface area contributed by atoms with Crippen LogP contribution in [-0.4, -0.2) is 23.0 Å². The molecule has 1 fully saturated rings. The quantitative estimate of drug-likeness (QED) is 0.577. The van der Waals surface area contributed by atoms with Gasteiger partial charge in [-0.2, -0.15) is 0 Å². The number of allylic oxidation sites excluding steroid dienone is 1. The van der Waals surface area contributed by atoms with Crippen molar-refractivity contribution in [3.63, 3.8) is 0 Å². The Kier molecular flexibility index (Phi) is 6.40. The van der Waals surface area contributed by atoms with Crippen molar-refractivity contribution >= 4 is 17.6 Å². The standard InChI is InChI=1S/C21H29NO3/c1-21(2,3)16-10-12-18(13-11-16)22-17(14-15-19(22)23)8-6-4-5-7-9-20(24)25/h6,8,10-13,17H,4-5,7,9,14-15H2,1-3H3,(H,24,25)/t17-/m0/s1. The van der Waals surface area contributed by atoms with Crippen LogP contribution in [0.5, 0.6) is 0 Å². The maximum Gasteiger partial charge on any atom is 0.303 e. The molecule has 1 aliphatic rings. The lowest BCUT2D eigenvalue weighted by Crippen LogP contribution is -2.31. The first-order chi connectivity index (χ1) is 11.8. The third-order valence-corrected chi connectivity index (χ3v) is 4.64. The van der Waals surface area contributed by atoms with Gasteiger partial charge >= 0.3 is 5.97 Å². The Bertz CT molecular complexity index is 626. The molecular weight excluding hydrogens is 314 g/mol. The molecule has 1 amide bonds. The van der Waals surface area contributed by atoms with Gasteiger partial charge in [0.15, 0.2) is 0 Å². The van der Waals surface area contributed by atoms with Crippen molar-refractivity contribution < 1.29 is 14.7 Å². The van der Waals surface area contributed by atoms with E-state index in [0.29, 0.717) is 12.8 Å². The largest absolute Gasteiger partial charge is 0.481 e. The summed E-state index contributed by atoms with van der Waals surface area (Å²) < 4.78 is 0. The van der Waals surface area contributed by atoms with Gasteiger partial charge in [0.1, 0.15) is 0 Å². The van der Waals surface area contributed by atoms with Gasteiger partial charge in [0.05, 0.1) is 6.04 Å². The molecule has 0 aromatic heterocycles. The van der Waals surface area contributed by atoms with Crippen LogP contribution in [0.4, 0.5) is 5.69 Å². The molecule has 1 aromatic carbocycles. The number of hydrogen-bond acceptors (Lipinski definition) is 2. The van der Waals surface area contributed by atoms with Gasteiger partial charge in [-0.3, -0.25) is 9.59 Å². The molecule has 1 aromatic rings. The van der Waals surface area contributed by atoms with E-state index in [-0.39, 0.29) is 23.8 Å². The Balaban J connectivity index is 1.98. The molecule has 0 saturated carbocycles. The molecule has 4 heteroatoms. The molecule has 1 saturated heterocycles. The van der Waals surface area contributed by atoms with Gasteiger partial charge in [0.25, 0.3) is 0 Å². The second-order valence-electron chi connectivity index (χ2n) is 7.73. The molecule has 1 heterocycles. The Morgan fingerprint density at radius 2 is 1.92 bits per heavy atom. The van der Waals surface area contributed by atoms with E-state index >= 15 is 0 Å². The number of carbonyl (C=O) groups is 2. The summed E-state index contributed by atoms with van der Waals surface area (Å²) in [5, 5.41) is 8.64. The number of carboxylic acid groups (broad SMARTS) is 1. The highest BCUT2D eigenvalue weighted by Crippen LogP contribution is 2.30. The fourth-order valence-electron chi connectivity index (χ4n) is 3.14. The minimum absolute atomic E-state index is 0.100. The van der Waals surface area contributed by atoms with Crippen molar-refractivity contribution in [2.75, 3.05) is 4.90 Å². The normalized spacial score (nSPS) is 18.3. The minimum Gasteiger partial charge on any atom is -0.481 e. The molecule has 136 valence electrons. The summed E-state index contributed by atoms with van der Waals surface area (Å²) in [5.74, 6) is -0.570. The number of rotatable bonds is 7. The van der Waals surface area contributed by atoms with E-state index in [2.05, 4.69) is 45.1 Å². The lowest BCUT2D eigenvalue weighted by molar-refractivity contribution is -0.137. The zero-order chi connectivity index (χ0) is 18.4. The predicted octanol–water partition coefficient (Wildman–Crippen LogP) is 4.68. The summed E-state index contributed by atoms with van der Waals surface area (Å²) >= 11 is 0. The Morgan fingerprint density at radius 1 is 1.24 bits per heavy atom. The zero-order valence-corrected chi connectivity index (χ0v) is 15.5. The smallest absolute Gasteiger partial charge is 0.303 e. The Labute approximate surface area is 150 Å². The van der Waals surface area contributed by atoms with Crippen LogP contribution in [0, 0.1) is 0 Å². The first-order valence-electron chi connectivity index (χ1n) is 9.10. The molecule has 1 atom stereocenters. The van der Waals surface area contributed by atoms with Crippen LogP contribution in [0.15, 0.2) is 36.4 Å². The maximum atomic E-state index is 12.3. The molecule has 25 heavy (non-hydrogen) atoms. The van der Waals surface area contributed by atoms with Gasteiger partial charge in [-0.15, -0.1) is 0 Å². The fourth-order valence-corrected chi connectivity index (χ4v) is 3.14. The number of benzene rings is 1. The highest BCUT2D eigenvalue weighted by Gasteiger charge is 2.30. The lowest BCUT2D eigenvalue weighted by atomic mass is 9.87. The van der Waals surface area contributed by atoms with Crippen molar-refractivity contribution in [3.8, 4) is 0 Å². The second-order valence-corrected chi connectivity index (χ2v) is 7.73. The molecule has 0 unspecified atom stereocenters. The van der Waals surface area contributed by atoms with Crippen molar-refractivity contribution in [3.05, 3.63) is 42.0 Å². The fraction of sp³-hybridized carbons (Fsp3) is 0.524. The highest BCUT2D eigenvalue weighted by molar-refractivity contribution is 5.96. The number of aliphatic carboxylic acids is 1. The van der Waals surface area contributed by atoms with Crippen LogP contribution >= 0.6 is 0 Å². The lowest BCUT2D eigenvalue weighted by Gasteiger charge is -2.25. The molecule has 4 nitrogen and oxygen atoms in total. The Hall–Kier alpha value is -2.10. The molecule has 1 N–H and O–H groups in total. The zero-order valence-electron chi connectivity index (χ0n) is 15.5. The third-order valence-electron chi connectivity index (χ3n) is 4.64. The summed E-state index contributed by atoms with van der Waals surface area (Å²) in [4.78, 5) is 24.7. The van der Waals surface area contributed by atoms with E-state index in [1.165, 1.54) is 5.56 Å². The van der Waals surface area contributed by atoms with E-state index in [4.69, 9.17) is 5.11 Å². The van der Waals surface area contributed by atoms with Crippen molar-refractivity contribution in [1.29, 1.82) is 0 Å². The predicted molar refractivity (Wildman–Crippen MR) is 101 cm³/mol. The van der Waals surface area contributed by atoms with Gasteiger partial charge in [0.2, 0.25) is 5.91 Å². The van der Waals surface area contributed by atoms with Crippen LogP contribution in [-0.2, 0) is 15.0 Å². The first-order valence-corrected chi connectivity index (χ1v) is 9.10. The number of carboxylic acids is 1. The molecule has 2 rings (SSSR count). The topological polar surface area (TPSA) is 57.6 Å². The minimum atomic E-state index is -0.741. The van der Waals surface area contributed by atoms with Crippen LogP contribution < -0.4 is 4.90 Å². The van der Waals surface area contributed by atoms with Gasteiger partial charge in [0, 0.05) is 18.5 Å². The first kappa shape index (κ1) is 19.2. The summed E-state index contributed by atoms with van der Waals surface area (Å²) in [5.41, 5.74) is 2.31. The molecule has 1 aliphatic heterocycles. The summed E-state index contributed by atoms with van der Waals surface area (Å²) in [6, 6.07) is 8.39. The molecule has 0 aliphatic carbocycles. The highest BCUT2D eigenvalue weighted by atomic mass is 16.4. The monoisotopic (exact) mass is 343 g/mol. The Morgan fingerprint density at radius 3 is 2.52 bits per heavy atom. The average Bonchev–Trinajstić information content (AvgIpc) is 2.90. The number of hydrogen-bond donors (Lipinski definition) is 1. The van der Waals surface area contributed by atoms with Crippen molar-refractivity contribution in [2.24, 2.45) is 0 Å². The van der Waals surface area contributed by atoms with E-state index in [1.54, 1.807) is 0 Å². The van der Waals surface area contributed by atoms with Crippen LogP contribution in [0.2, 0.25) is 0 Å². The summed E-state index contributed by atoms with van der Waals surface area (Å²) in [6.45, 7) is 6.54. The van der Waals surface area contributed by atoms with Gasteiger partial charge in [-0.05, 0) is 48.8 Å². The van der Waals surface area contributed by atoms with Gasteiger partial charge in [-0.1, -0.05) is 45.1 Å². The average molecular weight is 343 g/mol. The van der Waals surface area contributed by atoms with E-state index in [1.807, 2.05) is 17.0 Å². The maximum absolute atomic E-state index is 12.3. The van der Waals surface area contributed by atoms with E-state index in [9.17, 15) is 9.59 Å². The van der Waals surface area contributed by atoms with Crippen LogP contribution in [0.25, 0.3) is 0 Å². The number of unbranched alkanes of at least 4 members (excludes halogenated alkanes) is 2. The molecule has 0 radical (unpaired) electrons. The number of nitrogens with zero attached hydrogens (tertiary/aromatic N) is 1. The van der Waals surface area contributed by atoms with E-state index < -0.39 is 5.97 Å². The third kappa shape index (κ3) is 5.45. The molecular formula is C21H29NO3. The molecule has 0 bridgehead atoms. The number of anilines is 1. The SMILES string of the molecule is CC(C)(C)c1ccc(N2C(=O)CC[C@@H]2C=CCCCCC(=O)O)cc1. The second kappa shape index (κ2) is 8.32. The summed E-state index contributed by atoms with van der Waals surface area (Å²) in [7, 11) is 0. The van der Waals surface area contributed by atoms with E-state index in [0.717, 1.165) is 24.9 Å². The van der Waals surface area contributed by atoms with Crippen LogP contribution in [0.3, 0.4) is 0 Å². The number of amides is 1. The van der Waals surface area contributed by atoms with Crippen molar-refractivity contribution in [2.45, 2.75) is 70.8 Å². The van der Waals surface area contributed by atoms with Crippen molar-refractivity contribution in [1.82, 2.24) is 0 Å². The number of carbonyl (C=O) groups excluding carboxylic acids is 1. The summed E-state index contributed by atoms with van der Waals surface area (Å²) in [6.07, 6.45) is 8.24.